The van der Waals surface area contributed by atoms with Crippen molar-refractivity contribution in [2.75, 3.05) is 13.2 Å². The van der Waals surface area contributed by atoms with E-state index in [0.717, 1.165) is 12.8 Å². The highest BCUT2D eigenvalue weighted by atomic mass is 35.5. The Morgan fingerprint density at radius 1 is 1.47 bits per heavy atom. The van der Waals surface area contributed by atoms with Crippen LogP contribution in [0, 0.1) is 17.2 Å². The minimum Gasteiger partial charge on any atom is -0.396 e. The molecule has 1 aromatic carbocycles. The van der Waals surface area contributed by atoms with Crippen LogP contribution in [-0.4, -0.2) is 18.3 Å². The first-order valence-electron chi connectivity index (χ1n) is 5.87. The molecule has 2 rings (SSSR count). The molecule has 0 amide bonds. The molecule has 1 aromatic rings. The zero-order chi connectivity index (χ0) is 12.5. The van der Waals surface area contributed by atoms with Crippen LogP contribution < -0.4 is 5.73 Å². The minimum absolute atomic E-state index is 0.0150. The summed E-state index contributed by atoms with van der Waals surface area (Å²) in [6.45, 7) is 0.345. The topological polar surface area (TPSA) is 46.2 Å². The van der Waals surface area contributed by atoms with Crippen molar-refractivity contribution in [2.45, 2.75) is 19.3 Å². The third-order valence-corrected chi connectivity index (χ3v) is 4.11. The molecule has 1 aliphatic rings. The molecule has 1 aliphatic carbocycles. The van der Waals surface area contributed by atoms with Gasteiger partial charge >= 0.3 is 0 Å². The maximum absolute atomic E-state index is 13.7. The lowest BCUT2D eigenvalue weighted by Gasteiger charge is -2.31. The van der Waals surface area contributed by atoms with Gasteiger partial charge in [-0.1, -0.05) is 17.7 Å². The van der Waals surface area contributed by atoms with Crippen molar-refractivity contribution < 1.29 is 9.50 Å². The van der Waals surface area contributed by atoms with Gasteiger partial charge in [0.25, 0.3) is 0 Å². The highest BCUT2D eigenvalue weighted by molar-refractivity contribution is 6.31. The predicted octanol–water partition coefficient (Wildman–Crippen LogP) is 2.37. The van der Waals surface area contributed by atoms with Crippen molar-refractivity contribution >= 4 is 11.6 Å². The summed E-state index contributed by atoms with van der Waals surface area (Å²) in [7, 11) is 0. The van der Waals surface area contributed by atoms with Gasteiger partial charge in [0.2, 0.25) is 0 Å². The molecule has 0 spiro atoms. The van der Waals surface area contributed by atoms with Crippen LogP contribution in [-0.2, 0) is 6.42 Å². The molecule has 94 valence electrons. The zero-order valence-electron chi connectivity index (χ0n) is 9.63. The van der Waals surface area contributed by atoms with E-state index in [0.29, 0.717) is 29.5 Å². The Morgan fingerprint density at radius 3 is 2.65 bits per heavy atom. The largest absolute Gasteiger partial charge is 0.396 e. The zero-order valence-corrected chi connectivity index (χ0v) is 10.4. The molecular formula is C13H17ClFNO. The van der Waals surface area contributed by atoms with E-state index >= 15 is 0 Å². The Morgan fingerprint density at radius 2 is 2.18 bits per heavy atom. The van der Waals surface area contributed by atoms with Gasteiger partial charge in [-0.3, -0.25) is 0 Å². The van der Waals surface area contributed by atoms with Gasteiger partial charge in [-0.15, -0.1) is 0 Å². The third kappa shape index (κ3) is 2.46. The molecule has 0 heterocycles. The second-order valence-corrected chi connectivity index (χ2v) is 5.28. The van der Waals surface area contributed by atoms with Crippen molar-refractivity contribution in [3.05, 3.63) is 34.6 Å². The van der Waals surface area contributed by atoms with Gasteiger partial charge in [-0.25, -0.2) is 4.39 Å². The van der Waals surface area contributed by atoms with E-state index < -0.39 is 5.41 Å². The summed E-state index contributed by atoms with van der Waals surface area (Å²) < 4.78 is 13.7. The maximum atomic E-state index is 13.7. The summed E-state index contributed by atoms with van der Waals surface area (Å²) in [4.78, 5) is 0. The molecule has 1 saturated carbocycles. The average Bonchev–Trinajstić information content (AvgIpc) is 3.14. The van der Waals surface area contributed by atoms with E-state index in [2.05, 4.69) is 0 Å². The molecule has 0 bridgehead atoms. The smallest absolute Gasteiger partial charge is 0.127 e. The van der Waals surface area contributed by atoms with Gasteiger partial charge in [0, 0.05) is 22.5 Å². The maximum Gasteiger partial charge on any atom is 0.127 e. The lowest BCUT2D eigenvalue weighted by atomic mass is 9.77. The number of hydrogen-bond acceptors (Lipinski definition) is 2. The van der Waals surface area contributed by atoms with Crippen LogP contribution in [0.2, 0.25) is 5.02 Å². The summed E-state index contributed by atoms with van der Waals surface area (Å²) in [6, 6.07) is 4.65. The molecule has 17 heavy (non-hydrogen) atoms. The van der Waals surface area contributed by atoms with Crippen molar-refractivity contribution in [1.29, 1.82) is 0 Å². The van der Waals surface area contributed by atoms with Gasteiger partial charge in [0.1, 0.15) is 5.82 Å². The Kier molecular flexibility index (Phi) is 3.71. The molecule has 3 N–H and O–H groups in total. The second kappa shape index (κ2) is 4.92. The van der Waals surface area contributed by atoms with Crippen LogP contribution in [0.4, 0.5) is 4.39 Å². The molecule has 1 fully saturated rings. The molecule has 0 radical (unpaired) electrons. The quantitative estimate of drug-likeness (QED) is 0.851. The third-order valence-electron chi connectivity index (χ3n) is 3.76. The normalized spacial score (nSPS) is 19.1. The highest BCUT2D eigenvalue weighted by Crippen LogP contribution is 2.47. The first-order valence-corrected chi connectivity index (χ1v) is 6.24. The van der Waals surface area contributed by atoms with Gasteiger partial charge in [-0.05, 0) is 37.3 Å². The molecule has 0 saturated heterocycles. The summed E-state index contributed by atoms with van der Waals surface area (Å²) in [5.74, 6) is 0.0811. The molecular weight excluding hydrogens is 241 g/mol. The standard InChI is InChI=1S/C13H17ClFNO/c14-11-2-1-3-12(15)10(11)6-13(7-16,8-17)9-4-5-9/h1-3,9,17H,4-8,16H2. The number of hydrogen-bond donors (Lipinski definition) is 2. The molecule has 1 unspecified atom stereocenters. The average molecular weight is 258 g/mol. The number of nitrogens with two attached hydrogens (primary N) is 1. The molecule has 4 heteroatoms. The Labute approximate surface area is 106 Å². The first-order chi connectivity index (χ1) is 8.13. The lowest BCUT2D eigenvalue weighted by molar-refractivity contribution is 0.108. The van der Waals surface area contributed by atoms with Crippen LogP contribution in [0.5, 0.6) is 0 Å². The Hall–Kier alpha value is -0.640. The molecule has 0 aliphatic heterocycles. The van der Waals surface area contributed by atoms with Gasteiger partial charge < -0.3 is 10.8 Å². The van der Waals surface area contributed by atoms with Crippen molar-refractivity contribution in [2.24, 2.45) is 17.1 Å². The van der Waals surface area contributed by atoms with E-state index in [1.807, 2.05) is 0 Å². The second-order valence-electron chi connectivity index (χ2n) is 4.88. The van der Waals surface area contributed by atoms with Crippen LogP contribution in [0.25, 0.3) is 0 Å². The van der Waals surface area contributed by atoms with E-state index in [9.17, 15) is 9.50 Å². The Balaban J connectivity index is 2.29. The van der Waals surface area contributed by atoms with Crippen LogP contribution in [0.3, 0.4) is 0 Å². The lowest BCUT2D eigenvalue weighted by Crippen LogP contribution is -2.39. The monoisotopic (exact) mass is 257 g/mol. The SMILES string of the molecule is NCC(CO)(Cc1c(F)cccc1Cl)C1CC1. The van der Waals surface area contributed by atoms with Crippen molar-refractivity contribution in [3.63, 3.8) is 0 Å². The van der Waals surface area contributed by atoms with Gasteiger partial charge in [-0.2, -0.15) is 0 Å². The summed E-state index contributed by atoms with van der Waals surface area (Å²) in [5.41, 5.74) is 5.84. The fourth-order valence-electron chi connectivity index (χ4n) is 2.38. The van der Waals surface area contributed by atoms with Crippen LogP contribution in [0.1, 0.15) is 18.4 Å². The van der Waals surface area contributed by atoms with Crippen molar-refractivity contribution in [1.82, 2.24) is 0 Å². The minimum atomic E-state index is -0.411. The van der Waals surface area contributed by atoms with Crippen LogP contribution >= 0.6 is 11.6 Å². The number of aliphatic hydroxyl groups is 1. The number of halogens is 2. The van der Waals surface area contributed by atoms with E-state index in [1.54, 1.807) is 12.1 Å². The first kappa shape index (κ1) is 12.8. The summed E-state index contributed by atoms with van der Waals surface area (Å²) >= 11 is 6.01. The molecule has 1 atom stereocenters. The fourth-order valence-corrected chi connectivity index (χ4v) is 2.61. The highest BCUT2D eigenvalue weighted by Gasteiger charge is 2.44. The van der Waals surface area contributed by atoms with E-state index in [1.165, 1.54) is 6.07 Å². The van der Waals surface area contributed by atoms with Crippen molar-refractivity contribution in [3.8, 4) is 0 Å². The van der Waals surface area contributed by atoms with E-state index in [-0.39, 0.29) is 12.4 Å². The molecule has 0 aromatic heterocycles. The number of aliphatic hydroxyl groups excluding tert-OH is 1. The Bertz CT molecular complexity index is 382. The van der Waals surface area contributed by atoms with E-state index in [4.69, 9.17) is 17.3 Å². The predicted molar refractivity (Wildman–Crippen MR) is 66.4 cm³/mol. The van der Waals surface area contributed by atoms with Crippen LogP contribution in [0.15, 0.2) is 18.2 Å². The fraction of sp³-hybridized carbons (Fsp3) is 0.538. The molecule has 2 nitrogen and oxygen atoms in total. The summed E-state index contributed by atoms with van der Waals surface area (Å²) in [6.07, 6.45) is 2.53. The number of benzene rings is 1. The van der Waals surface area contributed by atoms with Gasteiger partial charge in [0.05, 0.1) is 6.61 Å². The summed E-state index contributed by atoms with van der Waals surface area (Å²) in [5, 5.41) is 10.00. The number of rotatable bonds is 5. The van der Waals surface area contributed by atoms with Gasteiger partial charge in [0.15, 0.2) is 0 Å².